The zero-order valence-electron chi connectivity index (χ0n) is 12.0. The van der Waals surface area contributed by atoms with E-state index in [4.69, 9.17) is 5.73 Å². The van der Waals surface area contributed by atoms with Crippen LogP contribution < -0.4 is 11.1 Å². The Kier molecular flexibility index (Phi) is 4.51. The second-order valence-electron chi connectivity index (χ2n) is 5.87. The van der Waals surface area contributed by atoms with Gasteiger partial charge in [0.1, 0.15) is 0 Å². The fraction of sp³-hybridized carbons (Fsp3) is 0.500. The molecule has 0 saturated heterocycles. The normalized spacial score (nSPS) is 17.8. The van der Waals surface area contributed by atoms with Crippen LogP contribution in [0.1, 0.15) is 38.5 Å². The number of thiazole rings is 1. The minimum atomic E-state index is -0.412. The molecule has 1 saturated carbocycles. The maximum Gasteiger partial charge on any atom is 0.241 e. The first-order chi connectivity index (χ1) is 10.2. The van der Waals surface area contributed by atoms with E-state index in [0.29, 0.717) is 5.92 Å². The van der Waals surface area contributed by atoms with Crippen LogP contribution in [0.3, 0.4) is 0 Å². The molecule has 4 nitrogen and oxygen atoms in total. The number of carbonyl (C=O) groups is 1. The zero-order chi connectivity index (χ0) is 14.7. The van der Waals surface area contributed by atoms with Gasteiger partial charge in [-0.3, -0.25) is 4.79 Å². The molecule has 1 aliphatic carbocycles. The number of hydrogen-bond donors (Lipinski definition) is 2. The number of nitrogens with one attached hydrogen (secondary N) is 1. The molecule has 2 aromatic rings. The van der Waals surface area contributed by atoms with Crippen molar-refractivity contribution in [2.75, 3.05) is 5.32 Å². The number of nitrogens with zero attached hydrogens (tertiary/aromatic N) is 1. The van der Waals surface area contributed by atoms with Crippen molar-refractivity contribution in [2.45, 2.75) is 44.6 Å². The van der Waals surface area contributed by atoms with E-state index < -0.39 is 6.04 Å². The number of anilines is 1. The highest BCUT2D eigenvalue weighted by atomic mass is 32.1. The van der Waals surface area contributed by atoms with Gasteiger partial charge in [-0.1, -0.05) is 32.1 Å². The molecule has 5 heteroatoms. The third kappa shape index (κ3) is 3.60. The van der Waals surface area contributed by atoms with Gasteiger partial charge in [0.2, 0.25) is 5.91 Å². The van der Waals surface area contributed by atoms with E-state index in [0.717, 1.165) is 22.3 Å². The molecule has 1 amide bonds. The van der Waals surface area contributed by atoms with Gasteiger partial charge >= 0.3 is 0 Å². The molecule has 0 spiro atoms. The van der Waals surface area contributed by atoms with Gasteiger partial charge in [-0.05, 0) is 30.5 Å². The molecule has 0 radical (unpaired) electrons. The van der Waals surface area contributed by atoms with Gasteiger partial charge in [0.25, 0.3) is 0 Å². The Morgan fingerprint density at radius 2 is 2.19 bits per heavy atom. The molecule has 3 N–H and O–H groups in total. The van der Waals surface area contributed by atoms with Crippen LogP contribution in [0.25, 0.3) is 10.2 Å². The number of aromatic nitrogens is 1. The fourth-order valence-electron chi connectivity index (χ4n) is 3.06. The fourth-order valence-corrected chi connectivity index (χ4v) is 3.77. The SMILES string of the molecule is NC(CC1CCCCC1)C(=O)Nc1ccc2ncsc2c1. The van der Waals surface area contributed by atoms with Crippen molar-refractivity contribution in [3.05, 3.63) is 23.7 Å². The Morgan fingerprint density at radius 3 is 3.00 bits per heavy atom. The summed E-state index contributed by atoms with van der Waals surface area (Å²) in [6.07, 6.45) is 7.12. The Bertz CT molecular complexity index is 619. The minimum absolute atomic E-state index is 0.0792. The molecule has 1 atom stereocenters. The van der Waals surface area contributed by atoms with Gasteiger partial charge in [-0.25, -0.2) is 4.98 Å². The van der Waals surface area contributed by atoms with Crippen LogP contribution >= 0.6 is 11.3 Å². The quantitative estimate of drug-likeness (QED) is 0.908. The molecule has 1 fully saturated rings. The van der Waals surface area contributed by atoms with E-state index >= 15 is 0 Å². The lowest BCUT2D eigenvalue weighted by atomic mass is 9.85. The van der Waals surface area contributed by atoms with Crippen LogP contribution in [0.4, 0.5) is 5.69 Å². The predicted octanol–water partition coefficient (Wildman–Crippen LogP) is 3.53. The summed E-state index contributed by atoms with van der Waals surface area (Å²) < 4.78 is 1.08. The van der Waals surface area contributed by atoms with Crippen LogP contribution in [-0.4, -0.2) is 16.9 Å². The van der Waals surface area contributed by atoms with E-state index in [1.807, 2.05) is 23.7 Å². The molecule has 1 aliphatic rings. The first kappa shape index (κ1) is 14.5. The Hall–Kier alpha value is -1.46. The van der Waals surface area contributed by atoms with E-state index in [2.05, 4.69) is 10.3 Å². The van der Waals surface area contributed by atoms with Gasteiger partial charge in [-0.15, -0.1) is 11.3 Å². The number of nitrogens with two attached hydrogens (primary N) is 1. The van der Waals surface area contributed by atoms with Crippen molar-refractivity contribution in [1.29, 1.82) is 0 Å². The number of hydrogen-bond acceptors (Lipinski definition) is 4. The van der Waals surface area contributed by atoms with Gasteiger partial charge < -0.3 is 11.1 Å². The molecule has 1 unspecified atom stereocenters. The van der Waals surface area contributed by atoms with E-state index in [-0.39, 0.29) is 5.91 Å². The highest BCUT2D eigenvalue weighted by molar-refractivity contribution is 7.16. The number of amides is 1. The van der Waals surface area contributed by atoms with Gasteiger partial charge in [0, 0.05) is 5.69 Å². The number of rotatable bonds is 4. The van der Waals surface area contributed by atoms with Crippen LogP contribution in [-0.2, 0) is 4.79 Å². The summed E-state index contributed by atoms with van der Waals surface area (Å²) in [6.45, 7) is 0. The van der Waals surface area contributed by atoms with Crippen molar-refractivity contribution < 1.29 is 4.79 Å². The van der Waals surface area contributed by atoms with Crippen molar-refractivity contribution in [3.63, 3.8) is 0 Å². The molecule has 21 heavy (non-hydrogen) atoms. The Morgan fingerprint density at radius 1 is 1.38 bits per heavy atom. The smallest absolute Gasteiger partial charge is 0.241 e. The minimum Gasteiger partial charge on any atom is -0.325 e. The van der Waals surface area contributed by atoms with Crippen LogP contribution in [0.15, 0.2) is 23.7 Å². The average Bonchev–Trinajstić information content (AvgIpc) is 2.95. The standard InChI is InChI=1S/C16H21N3OS/c17-13(8-11-4-2-1-3-5-11)16(20)19-12-6-7-14-15(9-12)21-10-18-14/h6-7,9-11,13H,1-5,8,17H2,(H,19,20). The summed E-state index contributed by atoms with van der Waals surface area (Å²) in [7, 11) is 0. The van der Waals surface area contributed by atoms with Gasteiger partial charge in [0.15, 0.2) is 0 Å². The zero-order valence-corrected chi connectivity index (χ0v) is 12.9. The van der Waals surface area contributed by atoms with E-state index in [1.54, 1.807) is 11.3 Å². The van der Waals surface area contributed by atoms with Crippen molar-refractivity contribution in [2.24, 2.45) is 11.7 Å². The monoisotopic (exact) mass is 303 g/mol. The third-order valence-corrected chi connectivity index (χ3v) is 5.04. The molecule has 112 valence electrons. The summed E-state index contributed by atoms with van der Waals surface area (Å²) in [5, 5.41) is 2.93. The van der Waals surface area contributed by atoms with Crippen molar-refractivity contribution in [1.82, 2.24) is 4.98 Å². The second kappa shape index (κ2) is 6.54. The van der Waals surface area contributed by atoms with Crippen LogP contribution in [0.5, 0.6) is 0 Å². The summed E-state index contributed by atoms with van der Waals surface area (Å²) in [4.78, 5) is 16.4. The maximum absolute atomic E-state index is 12.2. The Labute approximate surface area is 128 Å². The maximum atomic E-state index is 12.2. The summed E-state index contributed by atoms with van der Waals surface area (Å²) >= 11 is 1.57. The molecule has 1 aromatic carbocycles. The lowest BCUT2D eigenvalue weighted by molar-refractivity contribution is -0.117. The van der Waals surface area contributed by atoms with Gasteiger partial charge in [-0.2, -0.15) is 0 Å². The molecule has 0 aliphatic heterocycles. The number of benzene rings is 1. The van der Waals surface area contributed by atoms with E-state index in [1.165, 1.54) is 32.1 Å². The first-order valence-electron chi connectivity index (χ1n) is 7.62. The Balaban J connectivity index is 1.59. The van der Waals surface area contributed by atoms with Gasteiger partial charge in [0.05, 0.1) is 21.8 Å². The van der Waals surface area contributed by atoms with E-state index in [9.17, 15) is 4.79 Å². The molecule has 0 bridgehead atoms. The number of fused-ring (bicyclic) bond motifs is 1. The lowest BCUT2D eigenvalue weighted by Crippen LogP contribution is -2.37. The molecule has 1 heterocycles. The summed E-state index contributed by atoms with van der Waals surface area (Å²) in [5.74, 6) is 0.535. The third-order valence-electron chi connectivity index (χ3n) is 4.25. The average molecular weight is 303 g/mol. The second-order valence-corrected chi connectivity index (χ2v) is 6.76. The van der Waals surface area contributed by atoms with Crippen LogP contribution in [0.2, 0.25) is 0 Å². The predicted molar refractivity (Wildman–Crippen MR) is 87.4 cm³/mol. The molecular weight excluding hydrogens is 282 g/mol. The largest absolute Gasteiger partial charge is 0.325 e. The highest BCUT2D eigenvalue weighted by Gasteiger charge is 2.21. The van der Waals surface area contributed by atoms with Crippen LogP contribution in [0, 0.1) is 5.92 Å². The molecule has 3 rings (SSSR count). The van der Waals surface area contributed by atoms with Crippen molar-refractivity contribution >= 4 is 33.1 Å². The highest BCUT2D eigenvalue weighted by Crippen LogP contribution is 2.27. The molecule has 1 aromatic heterocycles. The molecular formula is C16H21N3OS. The topological polar surface area (TPSA) is 68.0 Å². The lowest BCUT2D eigenvalue weighted by Gasteiger charge is -2.24. The van der Waals surface area contributed by atoms with Crippen molar-refractivity contribution in [3.8, 4) is 0 Å². The summed E-state index contributed by atoms with van der Waals surface area (Å²) in [5.41, 5.74) is 9.64. The number of carbonyl (C=O) groups excluding carboxylic acids is 1. The first-order valence-corrected chi connectivity index (χ1v) is 8.50. The summed E-state index contributed by atoms with van der Waals surface area (Å²) in [6, 6.07) is 5.35.